The number of hydrogen-bond acceptors (Lipinski definition) is 6. The summed E-state index contributed by atoms with van der Waals surface area (Å²) in [5, 5.41) is 0. The van der Waals surface area contributed by atoms with E-state index >= 15 is 0 Å². The van der Waals surface area contributed by atoms with Crippen LogP contribution in [0.4, 0.5) is 0 Å². The summed E-state index contributed by atoms with van der Waals surface area (Å²) >= 11 is 0. The highest BCUT2D eigenvalue weighted by Gasteiger charge is 2.19. The first-order valence-electron chi connectivity index (χ1n) is 36.6. The fraction of sp³-hybridized carbons (Fsp3) is 0.855. The molecule has 0 rings (SSSR count). The molecule has 0 saturated heterocycles. The quantitative estimate of drug-likeness (QED) is 0.0261. The van der Waals surface area contributed by atoms with Gasteiger partial charge in [-0.1, -0.05) is 326 Å². The summed E-state index contributed by atoms with van der Waals surface area (Å²) in [6.07, 6.45) is 90.1. The third-order valence-corrected chi connectivity index (χ3v) is 16.5. The van der Waals surface area contributed by atoms with Crippen LogP contribution in [-0.2, 0) is 28.6 Å². The standard InChI is InChI=1S/C76H140O6/c1-4-7-10-13-16-19-22-25-28-31-32-33-34-35-36-37-38-39-40-41-42-43-44-46-48-51-54-57-60-63-66-69-75(78)81-72-73(71-80-74(77)68-65-62-59-56-53-50-47-30-27-24-21-18-15-12-9-6-3)82-76(79)70-67-64-61-58-55-52-49-45-29-26-23-20-17-14-11-8-5-2/h17,20,26,29-32,47,73H,4-16,18-19,21-25,27-28,33-46,48-72H2,1-3H3/b20-17-,29-26-,32-31-,47-30-. The Morgan fingerprint density at radius 2 is 0.439 bits per heavy atom. The van der Waals surface area contributed by atoms with Crippen molar-refractivity contribution >= 4 is 17.9 Å². The first-order chi connectivity index (χ1) is 40.5. The van der Waals surface area contributed by atoms with Gasteiger partial charge in [-0.15, -0.1) is 0 Å². The molecular weight excluding hydrogens is 1010 g/mol. The molecule has 0 aromatic carbocycles. The molecule has 0 bridgehead atoms. The topological polar surface area (TPSA) is 78.9 Å². The molecule has 0 aliphatic carbocycles. The van der Waals surface area contributed by atoms with Gasteiger partial charge in [-0.25, -0.2) is 0 Å². The lowest BCUT2D eigenvalue weighted by atomic mass is 10.0. The molecule has 0 fully saturated rings. The number of allylic oxidation sites excluding steroid dienone is 8. The second-order valence-electron chi connectivity index (χ2n) is 24.8. The zero-order chi connectivity index (χ0) is 59.2. The average molecular weight is 1150 g/mol. The van der Waals surface area contributed by atoms with Gasteiger partial charge in [0.05, 0.1) is 0 Å². The first kappa shape index (κ1) is 79.4. The van der Waals surface area contributed by atoms with E-state index < -0.39 is 6.10 Å². The molecule has 0 saturated carbocycles. The number of hydrogen-bond donors (Lipinski definition) is 0. The van der Waals surface area contributed by atoms with Crippen LogP contribution < -0.4 is 0 Å². The molecule has 6 nitrogen and oxygen atoms in total. The van der Waals surface area contributed by atoms with Gasteiger partial charge in [0, 0.05) is 19.3 Å². The Labute approximate surface area is 511 Å². The molecule has 1 unspecified atom stereocenters. The van der Waals surface area contributed by atoms with Gasteiger partial charge in [-0.3, -0.25) is 14.4 Å². The van der Waals surface area contributed by atoms with Crippen LogP contribution in [0, 0.1) is 0 Å². The summed E-state index contributed by atoms with van der Waals surface area (Å²) in [4.78, 5) is 38.4. The Morgan fingerprint density at radius 1 is 0.244 bits per heavy atom. The van der Waals surface area contributed by atoms with E-state index in [-0.39, 0.29) is 31.1 Å². The van der Waals surface area contributed by atoms with E-state index in [1.54, 1.807) is 0 Å². The van der Waals surface area contributed by atoms with Crippen molar-refractivity contribution in [3.63, 3.8) is 0 Å². The molecule has 0 aliphatic heterocycles. The lowest BCUT2D eigenvalue weighted by molar-refractivity contribution is -0.167. The molecule has 0 amide bonds. The van der Waals surface area contributed by atoms with E-state index in [0.29, 0.717) is 19.3 Å². The number of unbranched alkanes of at least 4 members (excludes halogenated alkanes) is 49. The minimum atomic E-state index is -0.781. The van der Waals surface area contributed by atoms with Crippen molar-refractivity contribution in [1.82, 2.24) is 0 Å². The maximum absolute atomic E-state index is 12.9. The number of ether oxygens (including phenoxy) is 3. The Kier molecular flexibility index (Phi) is 68.6. The Bertz CT molecular complexity index is 1410. The smallest absolute Gasteiger partial charge is 0.306 e. The second-order valence-corrected chi connectivity index (χ2v) is 24.8. The van der Waals surface area contributed by atoms with Gasteiger partial charge in [0.25, 0.3) is 0 Å². The molecule has 0 N–H and O–H groups in total. The van der Waals surface area contributed by atoms with Crippen LogP contribution in [0.3, 0.4) is 0 Å². The molecule has 0 radical (unpaired) electrons. The maximum atomic E-state index is 12.9. The van der Waals surface area contributed by atoms with Crippen molar-refractivity contribution in [3.8, 4) is 0 Å². The van der Waals surface area contributed by atoms with Crippen molar-refractivity contribution in [2.45, 2.75) is 406 Å². The van der Waals surface area contributed by atoms with Gasteiger partial charge in [0.15, 0.2) is 6.10 Å². The van der Waals surface area contributed by atoms with Gasteiger partial charge >= 0.3 is 17.9 Å². The number of carbonyl (C=O) groups excluding carboxylic acids is 3. The molecule has 6 heteroatoms. The van der Waals surface area contributed by atoms with Crippen LogP contribution >= 0.6 is 0 Å². The van der Waals surface area contributed by atoms with E-state index in [1.807, 2.05) is 0 Å². The molecular formula is C76H140O6. The molecule has 0 heterocycles. The fourth-order valence-electron chi connectivity index (χ4n) is 11.0. The van der Waals surface area contributed by atoms with Gasteiger partial charge < -0.3 is 14.2 Å². The summed E-state index contributed by atoms with van der Waals surface area (Å²) in [7, 11) is 0. The molecule has 0 aliphatic rings. The Balaban J connectivity index is 4.19. The third kappa shape index (κ3) is 68.2. The number of rotatable bonds is 68. The van der Waals surface area contributed by atoms with Crippen LogP contribution in [-0.4, -0.2) is 37.2 Å². The predicted octanol–water partition coefficient (Wildman–Crippen LogP) is 25.3. The van der Waals surface area contributed by atoms with Crippen molar-refractivity contribution < 1.29 is 28.6 Å². The van der Waals surface area contributed by atoms with Crippen LogP contribution in [0.5, 0.6) is 0 Å². The Hall–Kier alpha value is -2.63. The van der Waals surface area contributed by atoms with E-state index in [0.717, 1.165) is 77.0 Å². The third-order valence-electron chi connectivity index (χ3n) is 16.5. The van der Waals surface area contributed by atoms with Gasteiger partial charge in [-0.05, 0) is 103 Å². The van der Waals surface area contributed by atoms with E-state index in [4.69, 9.17) is 14.2 Å². The monoisotopic (exact) mass is 1150 g/mol. The highest BCUT2D eigenvalue weighted by molar-refractivity contribution is 5.71. The van der Waals surface area contributed by atoms with Crippen molar-refractivity contribution in [2.75, 3.05) is 13.2 Å². The highest BCUT2D eigenvalue weighted by Crippen LogP contribution is 2.18. The average Bonchev–Trinajstić information content (AvgIpc) is 3.47. The normalized spacial score (nSPS) is 12.3. The van der Waals surface area contributed by atoms with Crippen LogP contribution in [0.1, 0.15) is 400 Å². The minimum Gasteiger partial charge on any atom is -0.462 e. The van der Waals surface area contributed by atoms with Crippen LogP contribution in [0.15, 0.2) is 48.6 Å². The zero-order valence-electron chi connectivity index (χ0n) is 55.3. The first-order valence-corrected chi connectivity index (χ1v) is 36.6. The number of esters is 3. The Morgan fingerprint density at radius 3 is 0.707 bits per heavy atom. The lowest BCUT2D eigenvalue weighted by Gasteiger charge is -2.18. The van der Waals surface area contributed by atoms with E-state index in [9.17, 15) is 14.4 Å². The molecule has 0 spiro atoms. The number of carbonyl (C=O) groups is 3. The summed E-state index contributed by atoms with van der Waals surface area (Å²) < 4.78 is 17.0. The second kappa shape index (κ2) is 70.9. The van der Waals surface area contributed by atoms with Gasteiger partial charge in [0.1, 0.15) is 13.2 Å². The molecule has 1 atom stereocenters. The van der Waals surface area contributed by atoms with E-state index in [1.165, 1.54) is 283 Å². The predicted molar refractivity (Wildman–Crippen MR) is 358 cm³/mol. The van der Waals surface area contributed by atoms with Crippen molar-refractivity contribution in [1.29, 1.82) is 0 Å². The fourth-order valence-corrected chi connectivity index (χ4v) is 11.0. The molecule has 480 valence electrons. The van der Waals surface area contributed by atoms with Crippen molar-refractivity contribution in [2.24, 2.45) is 0 Å². The summed E-state index contributed by atoms with van der Waals surface area (Å²) in [5.41, 5.74) is 0. The minimum absolute atomic E-state index is 0.0751. The molecule has 0 aromatic rings. The largest absolute Gasteiger partial charge is 0.462 e. The maximum Gasteiger partial charge on any atom is 0.306 e. The zero-order valence-corrected chi connectivity index (χ0v) is 55.3. The summed E-state index contributed by atoms with van der Waals surface area (Å²) in [6, 6.07) is 0. The SMILES string of the molecule is CCCCC/C=C\C/C=C\CCCCCCCCCC(=O)OC(COC(=O)CCCCCCC/C=C\CCCCCCCCC)COC(=O)CCCCCCCCCCCCCCCCCCCCC/C=C\CCCCCCCCCC. The lowest BCUT2D eigenvalue weighted by Crippen LogP contribution is -2.30. The van der Waals surface area contributed by atoms with Gasteiger partial charge in [0.2, 0.25) is 0 Å². The van der Waals surface area contributed by atoms with Gasteiger partial charge in [-0.2, -0.15) is 0 Å². The van der Waals surface area contributed by atoms with Crippen LogP contribution in [0.2, 0.25) is 0 Å². The van der Waals surface area contributed by atoms with E-state index in [2.05, 4.69) is 69.4 Å². The summed E-state index contributed by atoms with van der Waals surface area (Å²) in [6.45, 7) is 6.66. The highest BCUT2D eigenvalue weighted by atomic mass is 16.6. The van der Waals surface area contributed by atoms with Crippen LogP contribution in [0.25, 0.3) is 0 Å². The van der Waals surface area contributed by atoms with Crippen molar-refractivity contribution in [3.05, 3.63) is 48.6 Å². The molecule has 0 aromatic heterocycles. The molecule has 82 heavy (non-hydrogen) atoms. The summed E-state index contributed by atoms with van der Waals surface area (Å²) in [5.74, 6) is -0.866.